The highest BCUT2D eigenvalue weighted by atomic mass is 35.5. The Hall–Kier alpha value is -1.68. The first-order valence-corrected chi connectivity index (χ1v) is 5.75. The fourth-order valence-corrected chi connectivity index (χ4v) is 2.81. The lowest BCUT2D eigenvalue weighted by Crippen LogP contribution is -1.97. The van der Waals surface area contributed by atoms with E-state index in [1.54, 1.807) is 18.2 Å². The summed E-state index contributed by atoms with van der Waals surface area (Å²) in [5.41, 5.74) is 0.259. The third kappa shape index (κ3) is 1.96. The maximum Gasteiger partial charge on any atom is 0.350 e. The van der Waals surface area contributed by atoms with E-state index in [-0.39, 0.29) is 10.6 Å². The predicted molar refractivity (Wildman–Crippen MR) is 66.0 cm³/mol. The highest BCUT2D eigenvalue weighted by molar-refractivity contribution is 7.22. The molecule has 0 saturated heterocycles. The number of carbonyl (C=O) groups is 1. The minimum absolute atomic E-state index is 0.249. The number of hydrogen-bond donors (Lipinski definition) is 0. The quantitative estimate of drug-likeness (QED) is 0.476. The largest absolute Gasteiger partial charge is 0.465 e. The lowest BCUT2D eigenvalue weighted by Gasteiger charge is -1.95. The van der Waals surface area contributed by atoms with Crippen molar-refractivity contribution in [3.63, 3.8) is 0 Å². The molecule has 0 aliphatic rings. The van der Waals surface area contributed by atoms with Crippen LogP contribution in [-0.2, 0) is 9.53 Å². The standard InChI is InChI=1S/C11H6ClNO3S/c1-16-11(15)10-8(13-5-14)6-3-2-4-7(12)9(6)17-10/h2-4H,1H3. The number of esters is 1. The summed E-state index contributed by atoms with van der Waals surface area (Å²) in [5, 5.41) is 1.15. The van der Waals surface area contributed by atoms with Gasteiger partial charge in [-0.15, -0.1) is 11.3 Å². The van der Waals surface area contributed by atoms with E-state index in [9.17, 15) is 9.59 Å². The maximum absolute atomic E-state index is 11.5. The number of thiophene rings is 1. The van der Waals surface area contributed by atoms with Crippen molar-refractivity contribution in [2.45, 2.75) is 0 Å². The van der Waals surface area contributed by atoms with E-state index in [1.165, 1.54) is 13.2 Å². The van der Waals surface area contributed by atoms with E-state index in [0.717, 1.165) is 11.3 Å². The summed E-state index contributed by atoms with van der Waals surface area (Å²) in [6, 6.07) is 5.17. The maximum atomic E-state index is 11.5. The summed E-state index contributed by atoms with van der Waals surface area (Å²) in [6.07, 6.45) is 1.43. The number of ether oxygens (including phenoxy) is 1. The molecule has 0 unspecified atom stereocenters. The smallest absolute Gasteiger partial charge is 0.350 e. The number of nitrogens with zero attached hydrogens (tertiary/aromatic N) is 1. The Bertz CT molecular complexity index is 643. The number of aliphatic imine (C=N–C) groups is 1. The van der Waals surface area contributed by atoms with Gasteiger partial charge in [-0.3, -0.25) is 0 Å². The first-order chi connectivity index (χ1) is 8.19. The summed E-state index contributed by atoms with van der Waals surface area (Å²) >= 11 is 7.15. The van der Waals surface area contributed by atoms with Gasteiger partial charge in [-0.05, 0) is 6.07 Å². The molecule has 17 heavy (non-hydrogen) atoms. The van der Waals surface area contributed by atoms with Gasteiger partial charge in [-0.2, -0.15) is 4.99 Å². The fourth-order valence-electron chi connectivity index (χ4n) is 1.46. The molecular formula is C11H6ClNO3S. The summed E-state index contributed by atoms with van der Waals surface area (Å²) in [4.78, 5) is 25.7. The van der Waals surface area contributed by atoms with Crippen LogP contribution in [0.5, 0.6) is 0 Å². The van der Waals surface area contributed by atoms with E-state index in [1.807, 2.05) is 0 Å². The molecule has 4 nitrogen and oxygen atoms in total. The summed E-state index contributed by atoms with van der Waals surface area (Å²) in [7, 11) is 1.27. The molecule has 0 atom stereocenters. The number of isocyanates is 1. The van der Waals surface area contributed by atoms with Crippen molar-refractivity contribution in [2.75, 3.05) is 7.11 Å². The van der Waals surface area contributed by atoms with Crippen LogP contribution in [0, 0.1) is 0 Å². The first kappa shape index (κ1) is 11.8. The number of carbonyl (C=O) groups excluding carboxylic acids is 2. The second-order valence-corrected chi connectivity index (χ2v) is 4.52. The van der Waals surface area contributed by atoms with Gasteiger partial charge in [0, 0.05) is 5.39 Å². The van der Waals surface area contributed by atoms with Crippen molar-refractivity contribution in [3.8, 4) is 0 Å². The van der Waals surface area contributed by atoms with Crippen LogP contribution < -0.4 is 0 Å². The van der Waals surface area contributed by atoms with Crippen LogP contribution in [0.4, 0.5) is 5.69 Å². The molecule has 2 rings (SSSR count). The van der Waals surface area contributed by atoms with Gasteiger partial charge < -0.3 is 4.74 Å². The van der Waals surface area contributed by atoms with Gasteiger partial charge in [0.1, 0.15) is 10.6 Å². The van der Waals surface area contributed by atoms with Crippen LogP contribution in [-0.4, -0.2) is 19.2 Å². The Morgan fingerprint density at radius 1 is 1.53 bits per heavy atom. The summed E-state index contributed by atoms with van der Waals surface area (Å²) < 4.78 is 5.33. The topological polar surface area (TPSA) is 55.7 Å². The molecule has 0 fully saturated rings. The average molecular weight is 268 g/mol. The molecular weight excluding hydrogens is 262 g/mol. The summed E-state index contributed by atoms with van der Waals surface area (Å²) in [6.45, 7) is 0. The van der Waals surface area contributed by atoms with Crippen LogP contribution in [0.3, 0.4) is 0 Å². The van der Waals surface area contributed by atoms with Crippen LogP contribution in [0.2, 0.25) is 5.02 Å². The monoisotopic (exact) mass is 267 g/mol. The molecule has 0 aliphatic carbocycles. The number of methoxy groups -OCH3 is 1. The minimum Gasteiger partial charge on any atom is -0.465 e. The van der Waals surface area contributed by atoms with E-state index < -0.39 is 5.97 Å². The van der Waals surface area contributed by atoms with Gasteiger partial charge >= 0.3 is 5.97 Å². The molecule has 0 saturated carbocycles. The third-order valence-electron chi connectivity index (χ3n) is 2.17. The Kier molecular flexibility index (Phi) is 3.24. The molecule has 0 aliphatic heterocycles. The highest BCUT2D eigenvalue weighted by Crippen LogP contribution is 2.41. The third-order valence-corrected chi connectivity index (χ3v) is 3.80. The van der Waals surface area contributed by atoms with Gasteiger partial charge in [-0.1, -0.05) is 23.7 Å². The predicted octanol–water partition coefficient (Wildman–Crippen LogP) is 3.31. The van der Waals surface area contributed by atoms with Crippen LogP contribution in [0.15, 0.2) is 23.2 Å². The van der Waals surface area contributed by atoms with Crippen LogP contribution in [0.25, 0.3) is 10.1 Å². The molecule has 6 heteroatoms. The van der Waals surface area contributed by atoms with Gasteiger partial charge in [0.25, 0.3) is 0 Å². The van der Waals surface area contributed by atoms with E-state index in [2.05, 4.69) is 9.73 Å². The minimum atomic E-state index is -0.545. The lowest BCUT2D eigenvalue weighted by molar-refractivity contribution is 0.0607. The molecule has 1 heterocycles. The second-order valence-electron chi connectivity index (χ2n) is 3.09. The zero-order valence-electron chi connectivity index (χ0n) is 8.69. The van der Waals surface area contributed by atoms with Gasteiger partial charge in [0.2, 0.25) is 6.08 Å². The average Bonchev–Trinajstić information content (AvgIpc) is 2.70. The van der Waals surface area contributed by atoms with Gasteiger partial charge in [-0.25, -0.2) is 9.59 Å². The van der Waals surface area contributed by atoms with Crippen molar-refractivity contribution in [1.82, 2.24) is 0 Å². The zero-order chi connectivity index (χ0) is 12.4. The number of hydrogen-bond acceptors (Lipinski definition) is 5. The van der Waals surface area contributed by atoms with Crippen molar-refractivity contribution >= 4 is 50.8 Å². The molecule has 0 N–H and O–H groups in total. The number of rotatable bonds is 2. The lowest BCUT2D eigenvalue weighted by atomic mass is 10.2. The molecule has 0 spiro atoms. The van der Waals surface area contributed by atoms with Crippen molar-refractivity contribution in [3.05, 3.63) is 28.1 Å². The van der Waals surface area contributed by atoms with Crippen LogP contribution in [0.1, 0.15) is 9.67 Å². The zero-order valence-corrected chi connectivity index (χ0v) is 10.3. The highest BCUT2D eigenvalue weighted by Gasteiger charge is 2.20. The van der Waals surface area contributed by atoms with Crippen molar-refractivity contribution in [2.24, 2.45) is 4.99 Å². The van der Waals surface area contributed by atoms with E-state index in [0.29, 0.717) is 15.1 Å². The summed E-state index contributed by atoms with van der Waals surface area (Å²) in [5.74, 6) is -0.545. The molecule has 0 radical (unpaired) electrons. The number of fused-ring (bicyclic) bond motifs is 1. The molecule has 1 aromatic heterocycles. The molecule has 2 aromatic rings. The SMILES string of the molecule is COC(=O)c1sc2c(Cl)cccc2c1N=C=O. The Morgan fingerprint density at radius 3 is 2.94 bits per heavy atom. The fraction of sp³-hybridized carbons (Fsp3) is 0.0909. The van der Waals surface area contributed by atoms with Crippen molar-refractivity contribution < 1.29 is 14.3 Å². The normalized spacial score (nSPS) is 10.0. The molecule has 0 bridgehead atoms. The van der Waals surface area contributed by atoms with Gasteiger partial charge in [0.15, 0.2) is 0 Å². The van der Waals surface area contributed by atoms with E-state index in [4.69, 9.17) is 11.6 Å². The Morgan fingerprint density at radius 2 is 2.29 bits per heavy atom. The Balaban J connectivity index is 2.83. The van der Waals surface area contributed by atoms with Crippen LogP contribution >= 0.6 is 22.9 Å². The van der Waals surface area contributed by atoms with Gasteiger partial charge in [0.05, 0.1) is 16.8 Å². The molecule has 86 valence electrons. The Labute approximate surface area is 105 Å². The molecule has 1 aromatic carbocycles. The first-order valence-electron chi connectivity index (χ1n) is 4.56. The second kappa shape index (κ2) is 4.67. The van der Waals surface area contributed by atoms with Crippen molar-refractivity contribution in [1.29, 1.82) is 0 Å². The number of benzene rings is 1. The molecule has 0 amide bonds. The van der Waals surface area contributed by atoms with E-state index >= 15 is 0 Å². The number of halogens is 1.